The number of amides is 1. The third-order valence-electron chi connectivity index (χ3n) is 6.27. The van der Waals surface area contributed by atoms with Crippen molar-refractivity contribution in [1.82, 2.24) is 35.1 Å². The van der Waals surface area contributed by atoms with Crippen LogP contribution in [0.3, 0.4) is 0 Å². The number of nitrogens with one attached hydrogen (secondary N) is 1. The zero-order chi connectivity index (χ0) is 27.7. The van der Waals surface area contributed by atoms with Gasteiger partial charge in [-0.3, -0.25) is 14.6 Å². The van der Waals surface area contributed by atoms with Crippen LogP contribution in [0.4, 0.5) is 13.2 Å². The Morgan fingerprint density at radius 1 is 1.23 bits per heavy atom. The smallest absolute Gasteiger partial charge is 0.298 e. The first-order valence-corrected chi connectivity index (χ1v) is 11.8. The number of hydrogen-bond acceptors (Lipinski definition) is 8. The number of aromatic nitrogens is 6. The molecule has 0 bridgehead atoms. The van der Waals surface area contributed by atoms with Crippen LogP contribution in [-0.4, -0.2) is 60.6 Å². The van der Waals surface area contributed by atoms with Crippen molar-refractivity contribution in [1.29, 1.82) is 0 Å². The second kappa shape index (κ2) is 10.4. The first-order valence-electron chi connectivity index (χ1n) is 11.8. The third kappa shape index (κ3) is 5.03. The summed E-state index contributed by atoms with van der Waals surface area (Å²) in [7, 11) is 0. The van der Waals surface area contributed by atoms with Crippen LogP contribution < -0.4 is 10.9 Å². The van der Waals surface area contributed by atoms with Crippen LogP contribution in [0.25, 0.3) is 16.9 Å². The van der Waals surface area contributed by atoms with Crippen LogP contribution in [0.1, 0.15) is 40.6 Å². The van der Waals surface area contributed by atoms with Crippen molar-refractivity contribution in [3.05, 3.63) is 88.0 Å². The van der Waals surface area contributed by atoms with Crippen molar-refractivity contribution in [2.75, 3.05) is 19.8 Å². The molecule has 39 heavy (non-hydrogen) atoms. The van der Waals surface area contributed by atoms with E-state index in [0.717, 1.165) is 16.8 Å². The average molecular weight is 541 g/mol. The molecule has 0 radical (unpaired) electrons. The standard InChI is InChI=1S/C25H22F3N7O4/c1-14(18-3-2-4-19(23(18)26)25(27,28)13-36)31-24(38)20-5-6-22(37)35(32-20)16-7-15(8-29-9-16)21-10-30-33-34(21)17-11-39-12-17/h2-10,14,17,36H,11-13H2,1H3,(H,31,38)/t14-/m1/s1. The number of carbonyl (C=O) groups excluding carboxylic acids is 1. The molecular weight excluding hydrogens is 519 g/mol. The second-order valence-electron chi connectivity index (χ2n) is 8.92. The number of nitrogens with zero attached hydrogens (tertiary/aromatic N) is 6. The van der Waals surface area contributed by atoms with Crippen LogP contribution in [0, 0.1) is 5.82 Å². The lowest BCUT2D eigenvalue weighted by atomic mass is 10.0. The summed E-state index contributed by atoms with van der Waals surface area (Å²) in [4.78, 5) is 29.8. The van der Waals surface area contributed by atoms with Gasteiger partial charge in [-0.15, -0.1) is 5.10 Å². The zero-order valence-electron chi connectivity index (χ0n) is 20.5. The zero-order valence-corrected chi connectivity index (χ0v) is 20.5. The van der Waals surface area contributed by atoms with Gasteiger partial charge in [0.15, 0.2) is 0 Å². The van der Waals surface area contributed by atoms with Gasteiger partial charge in [0.05, 0.1) is 48.6 Å². The summed E-state index contributed by atoms with van der Waals surface area (Å²) in [6.07, 6.45) is 4.53. The van der Waals surface area contributed by atoms with Gasteiger partial charge in [-0.2, -0.15) is 18.6 Å². The molecule has 1 aliphatic heterocycles. The Morgan fingerprint density at radius 3 is 2.74 bits per heavy atom. The maximum absolute atomic E-state index is 14.8. The average Bonchev–Trinajstić information content (AvgIpc) is 3.37. The highest BCUT2D eigenvalue weighted by molar-refractivity contribution is 5.92. The number of halogens is 3. The fourth-order valence-electron chi connectivity index (χ4n) is 4.09. The van der Waals surface area contributed by atoms with E-state index in [2.05, 4.69) is 25.7 Å². The molecule has 4 heterocycles. The SMILES string of the molecule is C[C@@H](NC(=O)c1ccc(=O)n(-c2cncc(-c3cnnn3C3COC3)c2)n1)c1cccc(C(F)(F)CO)c1F. The predicted octanol–water partition coefficient (Wildman–Crippen LogP) is 2.17. The summed E-state index contributed by atoms with van der Waals surface area (Å²) in [6, 6.07) is 6.29. The van der Waals surface area contributed by atoms with E-state index in [1.807, 2.05) is 0 Å². The summed E-state index contributed by atoms with van der Waals surface area (Å²) < 4.78 is 50.6. The molecule has 1 atom stereocenters. The first-order chi connectivity index (χ1) is 18.7. The quantitative estimate of drug-likeness (QED) is 0.346. The number of pyridine rings is 1. The molecule has 0 unspecified atom stereocenters. The lowest BCUT2D eigenvalue weighted by Crippen LogP contribution is -2.32. The summed E-state index contributed by atoms with van der Waals surface area (Å²) in [5, 5.41) is 23.6. The number of hydrogen-bond donors (Lipinski definition) is 2. The molecule has 2 N–H and O–H groups in total. The Labute approximate surface area is 218 Å². The number of aliphatic hydroxyl groups is 1. The highest BCUT2D eigenvalue weighted by atomic mass is 19.3. The van der Waals surface area contributed by atoms with Crippen molar-refractivity contribution in [2.45, 2.75) is 24.9 Å². The Morgan fingerprint density at radius 2 is 2.03 bits per heavy atom. The van der Waals surface area contributed by atoms with Crippen molar-refractivity contribution in [2.24, 2.45) is 0 Å². The van der Waals surface area contributed by atoms with E-state index in [1.165, 1.54) is 31.3 Å². The maximum atomic E-state index is 14.8. The number of aliphatic hydroxyl groups excluding tert-OH is 1. The van der Waals surface area contributed by atoms with E-state index in [4.69, 9.17) is 9.84 Å². The summed E-state index contributed by atoms with van der Waals surface area (Å²) in [5.41, 5.74) is -0.376. The number of ether oxygens (including phenoxy) is 1. The van der Waals surface area contributed by atoms with Gasteiger partial charge in [0.1, 0.15) is 24.2 Å². The molecule has 1 amide bonds. The van der Waals surface area contributed by atoms with E-state index >= 15 is 0 Å². The fourth-order valence-corrected chi connectivity index (χ4v) is 4.09. The Balaban J connectivity index is 1.40. The Hall–Kier alpha value is -4.43. The molecule has 4 aromatic rings. The van der Waals surface area contributed by atoms with Crippen LogP contribution in [-0.2, 0) is 10.7 Å². The largest absolute Gasteiger partial charge is 0.390 e. The minimum atomic E-state index is -3.79. The van der Waals surface area contributed by atoms with E-state index < -0.39 is 41.4 Å². The van der Waals surface area contributed by atoms with Gasteiger partial charge in [0.25, 0.3) is 17.4 Å². The lowest BCUT2D eigenvalue weighted by Gasteiger charge is -2.27. The van der Waals surface area contributed by atoms with Gasteiger partial charge in [0, 0.05) is 23.4 Å². The van der Waals surface area contributed by atoms with Crippen LogP contribution in [0.5, 0.6) is 0 Å². The Kier molecular flexibility index (Phi) is 6.97. The highest BCUT2D eigenvalue weighted by Crippen LogP contribution is 2.32. The minimum absolute atomic E-state index is 0.0291. The summed E-state index contributed by atoms with van der Waals surface area (Å²) in [5.74, 6) is -5.80. The van der Waals surface area contributed by atoms with Gasteiger partial charge in [-0.05, 0) is 25.1 Å². The van der Waals surface area contributed by atoms with Crippen LogP contribution in [0.15, 0.2) is 59.8 Å². The molecular formula is C25H22F3N7O4. The van der Waals surface area contributed by atoms with Crippen molar-refractivity contribution in [3.63, 3.8) is 0 Å². The molecule has 1 saturated heterocycles. The molecule has 1 aromatic carbocycles. The molecule has 1 aliphatic rings. The molecule has 1 fully saturated rings. The molecule has 0 aliphatic carbocycles. The minimum Gasteiger partial charge on any atom is -0.390 e. The number of rotatable bonds is 8. The molecule has 3 aromatic heterocycles. The molecule has 5 rings (SSSR count). The fraction of sp³-hybridized carbons (Fsp3) is 0.280. The second-order valence-corrected chi connectivity index (χ2v) is 8.92. The van der Waals surface area contributed by atoms with Crippen molar-refractivity contribution < 1.29 is 27.8 Å². The summed E-state index contributed by atoms with van der Waals surface area (Å²) in [6.45, 7) is 0.838. The monoisotopic (exact) mass is 541 g/mol. The number of carbonyl (C=O) groups is 1. The van der Waals surface area contributed by atoms with Gasteiger partial charge in [-0.1, -0.05) is 17.3 Å². The van der Waals surface area contributed by atoms with E-state index in [1.54, 1.807) is 23.1 Å². The molecule has 11 nitrogen and oxygen atoms in total. The van der Waals surface area contributed by atoms with E-state index in [9.17, 15) is 22.8 Å². The molecule has 0 saturated carbocycles. The molecule has 14 heteroatoms. The van der Waals surface area contributed by atoms with Crippen molar-refractivity contribution in [3.8, 4) is 16.9 Å². The highest BCUT2D eigenvalue weighted by Gasteiger charge is 2.35. The van der Waals surface area contributed by atoms with Gasteiger partial charge >= 0.3 is 0 Å². The van der Waals surface area contributed by atoms with Gasteiger partial charge in [-0.25, -0.2) is 9.07 Å². The maximum Gasteiger partial charge on any atom is 0.298 e. The first kappa shape index (κ1) is 26.2. The molecule has 202 valence electrons. The lowest BCUT2D eigenvalue weighted by molar-refractivity contribution is -0.0584. The predicted molar refractivity (Wildman–Crippen MR) is 130 cm³/mol. The van der Waals surface area contributed by atoms with Crippen LogP contribution in [0.2, 0.25) is 0 Å². The molecule has 0 spiro atoms. The van der Waals surface area contributed by atoms with E-state index in [0.29, 0.717) is 24.5 Å². The van der Waals surface area contributed by atoms with Crippen molar-refractivity contribution >= 4 is 5.91 Å². The van der Waals surface area contributed by atoms with E-state index in [-0.39, 0.29) is 23.0 Å². The topological polar surface area (TPSA) is 137 Å². The number of alkyl halides is 2. The number of benzene rings is 1. The Bertz CT molecular complexity index is 1590. The van der Waals surface area contributed by atoms with Crippen LogP contribution >= 0.6 is 0 Å². The van der Waals surface area contributed by atoms with Gasteiger partial charge in [0.2, 0.25) is 0 Å². The normalized spacial score (nSPS) is 14.6. The third-order valence-corrected chi connectivity index (χ3v) is 6.27. The summed E-state index contributed by atoms with van der Waals surface area (Å²) >= 11 is 0. The van der Waals surface area contributed by atoms with Gasteiger partial charge < -0.3 is 15.2 Å².